The summed E-state index contributed by atoms with van der Waals surface area (Å²) in [5.74, 6) is -0.102. The number of aryl methyl sites for hydroxylation is 1. The molecule has 0 atom stereocenters. The number of amides is 1. The van der Waals surface area contributed by atoms with Crippen LogP contribution < -0.4 is 5.32 Å². The third-order valence-electron chi connectivity index (χ3n) is 3.38. The number of nitrogens with one attached hydrogen (secondary N) is 1. The first kappa shape index (κ1) is 16.2. The highest BCUT2D eigenvalue weighted by Crippen LogP contribution is 2.22. The first-order valence-electron chi connectivity index (χ1n) is 7.41. The van der Waals surface area contributed by atoms with Crippen molar-refractivity contribution in [3.8, 4) is 11.5 Å². The second-order valence-corrected chi connectivity index (χ2v) is 6.02. The molecule has 124 valence electrons. The van der Waals surface area contributed by atoms with Crippen LogP contribution in [0.3, 0.4) is 0 Å². The van der Waals surface area contributed by atoms with Gasteiger partial charge in [0.25, 0.3) is 5.91 Å². The molecule has 7 nitrogen and oxygen atoms in total. The summed E-state index contributed by atoms with van der Waals surface area (Å²) in [6, 6.07) is 8.87. The lowest BCUT2D eigenvalue weighted by Gasteiger charge is -2.06. The van der Waals surface area contributed by atoms with E-state index in [0.29, 0.717) is 22.2 Å². The maximum Gasteiger partial charge on any atom is 0.322 e. The molecule has 3 aromatic rings. The van der Waals surface area contributed by atoms with Crippen molar-refractivity contribution in [1.82, 2.24) is 20.0 Å². The van der Waals surface area contributed by atoms with Crippen LogP contribution in [0.4, 0.5) is 6.01 Å². The number of hydrogen-bond donors (Lipinski definition) is 1. The van der Waals surface area contributed by atoms with Crippen LogP contribution in [0, 0.1) is 6.92 Å². The van der Waals surface area contributed by atoms with Gasteiger partial charge in [0, 0.05) is 22.3 Å². The number of anilines is 1. The molecule has 0 aliphatic rings. The van der Waals surface area contributed by atoms with Crippen LogP contribution in [0.1, 0.15) is 36.1 Å². The zero-order chi connectivity index (χ0) is 17.3. The molecule has 2 heterocycles. The molecule has 3 rings (SSSR count). The SMILES string of the molecule is Cc1cc(C(=O)Nc2nnc(-c3ccc(Cl)cc3)o2)nn1C(C)C. The summed E-state index contributed by atoms with van der Waals surface area (Å²) < 4.78 is 7.23. The van der Waals surface area contributed by atoms with Crippen molar-refractivity contribution in [2.24, 2.45) is 0 Å². The van der Waals surface area contributed by atoms with Crippen molar-refractivity contribution in [3.05, 3.63) is 46.7 Å². The van der Waals surface area contributed by atoms with Crippen LogP contribution in [-0.4, -0.2) is 25.9 Å². The summed E-state index contributed by atoms with van der Waals surface area (Å²) in [5.41, 5.74) is 1.92. The van der Waals surface area contributed by atoms with Crippen LogP contribution >= 0.6 is 11.6 Å². The van der Waals surface area contributed by atoms with Gasteiger partial charge in [0.2, 0.25) is 5.89 Å². The van der Waals surface area contributed by atoms with Gasteiger partial charge in [0.15, 0.2) is 5.69 Å². The zero-order valence-electron chi connectivity index (χ0n) is 13.4. The highest BCUT2D eigenvalue weighted by Gasteiger charge is 2.17. The Kier molecular flexibility index (Phi) is 4.35. The Hall–Kier alpha value is -2.67. The van der Waals surface area contributed by atoms with Crippen molar-refractivity contribution in [2.45, 2.75) is 26.8 Å². The summed E-state index contributed by atoms with van der Waals surface area (Å²) in [6.45, 7) is 5.89. The summed E-state index contributed by atoms with van der Waals surface area (Å²) >= 11 is 5.85. The number of hydrogen-bond acceptors (Lipinski definition) is 5. The second kappa shape index (κ2) is 6.45. The largest absolute Gasteiger partial charge is 0.403 e. The summed E-state index contributed by atoms with van der Waals surface area (Å²) in [4.78, 5) is 12.3. The molecule has 0 unspecified atom stereocenters. The van der Waals surface area contributed by atoms with Crippen LogP contribution in [0.2, 0.25) is 5.02 Å². The molecule has 0 spiro atoms. The Morgan fingerprint density at radius 1 is 1.25 bits per heavy atom. The topological polar surface area (TPSA) is 85.8 Å². The van der Waals surface area contributed by atoms with Crippen LogP contribution in [0.5, 0.6) is 0 Å². The minimum atomic E-state index is -0.399. The van der Waals surface area contributed by atoms with E-state index in [2.05, 4.69) is 20.6 Å². The fourth-order valence-electron chi connectivity index (χ4n) is 2.27. The van der Waals surface area contributed by atoms with E-state index in [1.807, 2.05) is 20.8 Å². The lowest BCUT2D eigenvalue weighted by Crippen LogP contribution is -2.14. The monoisotopic (exact) mass is 345 g/mol. The Balaban J connectivity index is 1.76. The molecule has 0 bridgehead atoms. The predicted molar refractivity (Wildman–Crippen MR) is 90.0 cm³/mol. The van der Waals surface area contributed by atoms with Crippen molar-refractivity contribution in [2.75, 3.05) is 5.32 Å². The van der Waals surface area contributed by atoms with E-state index < -0.39 is 5.91 Å². The molecular formula is C16H16ClN5O2. The molecule has 0 saturated carbocycles. The molecule has 1 N–H and O–H groups in total. The summed E-state index contributed by atoms with van der Waals surface area (Å²) in [6.07, 6.45) is 0. The third-order valence-corrected chi connectivity index (χ3v) is 3.63. The number of nitrogens with zero attached hydrogens (tertiary/aromatic N) is 4. The van der Waals surface area contributed by atoms with E-state index >= 15 is 0 Å². The lowest BCUT2D eigenvalue weighted by molar-refractivity contribution is 0.101. The first-order chi connectivity index (χ1) is 11.4. The molecular weight excluding hydrogens is 330 g/mol. The Bertz CT molecular complexity index is 867. The molecule has 0 aliphatic carbocycles. The number of rotatable bonds is 4. The Labute approximate surface area is 143 Å². The summed E-state index contributed by atoms with van der Waals surface area (Å²) in [7, 11) is 0. The zero-order valence-corrected chi connectivity index (χ0v) is 14.2. The second-order valence-electron chi connectivity index (χ2n) is 5.58. The molecule has 0 radical (unpaired) electrons. The molecule has 0 saturated heterocycles. The van der Waals surface area contributed by atoms with Gasteiger partial charge in [-0.3, -0.25) is 14.8 Å². The molecule has 1 amide bonds. The standard InChI is InChI=1S/C16H16ClN5O2/c1-9(2)22-10(3)8-13(21-22)14(23)18-16-20-19-15(24-16)11-4-6-12(17)7-5-11/h4-9H,1-3H3,(H,18,20,23). The normalized spacial score (nSPS) is 11.0. The van der Waals surface area contributed by atoms with Crippen LogP contribution in [0.15, 0.2) is 34.7 Å². The smallest absolute Gasteiger partial charge is 0.322 e. The van der Waals surface area contributed by atoms with Crippen molar-refractivity contribution in [3.63, 3.8) is 0 Å². The molecule has 2 aromatic heterocycles. The summed E-state index contributed by atoms with van der Waals surface area (Å²) in [5, 5.41) is 15.2. The maximum absolute atomic E-state index is 12.3. The van der Waals surface area contributed by atoms with Gasteiger partial charge in [0.05, 0.1) is 0 Å². The quantitative estimate of drug-likeness (QED) is 0.778. The van der Waals surface area contributed by atoms with Crippen molar-refractivity contribution in [1.29, 1.82) is 0 Å². The van der Waals surface area contributed by atoms with E-state index in [-0.39, 0.29) is 12.1 Å². The van der Waals surface area contributed by atoms with Gasteiger partial charge in [-0.25, -0.2) is 0 Å². The van der Waals surface area contributed by atoms with E-state index in [0.717, 1.165) is 5.69 Å². The van der Waals surface area contributed by atoms with Gasteiger partial charge in [0.1, 0.15) is 0 Å². The fourth-order valence-corrected chi connectivity index (χ4v) is 2.39. The van der Waals surface area contributed by atoms with Gasteiger partial charge in [-0.15, -0.1) is 5.10 Å². The Morgan fingerprint density at radius 2 is 1.96 bits per heavy atom. The van der Waals surface area contributed by atoms with Crippen molar-refractivity contribution >= 4 is 23.5 Å². The van der Waals surface area contributed by atoms with Gasteiger partial charge >= 0.3 is 6.01 Å². The molecule has 24 heavy (non-hydrogen) atoms. The lowest BCUT2D eigenvalue weighted by atomic mass is 10.2. The minimum absolute atomic E-state index is 0.0155. The molecule has 8 heteroatoms. The average Bonchev–Trinajstić information content (AvgIpc) is 3.15. The number of carbonyl (C=O) groups is 1. The first-order valence-corrected chi connectivity index (χ1v) is 7.79. The minimum Gasteiger partial charge on any atom is -0.403 e. The van der Waals surface area contributed by atoms with Gasteiger partial charge in [-0.2, -0.15) is 5.10 Å². The highest BCUT2D eigenvalue weighted by molar-refractivity contribution is 6.30. The average molecular weight is 346 g/mol. The third kappa shape index (κ3) is 3.30. The van der Waals surface area contributed by atoms with Crippen LogP contribution in [-0.2, 0) is 0 Å². The number of halogens is 1. The molecule has 0 aliphatic heterocycles. The number of benzene rings is 1. The van der Waals surface area contributed by atoms with Gasteiger partial charge < -0.3 is 4.42 Å². The fraction of sp³-hybridized carbons (Fsp3) is 0.250. The Morgan fingerprint density at radius 3 is 2.58 bits per heavy atom. The number of aromatic nitrogens is 4. The molecule has 0 fully saturated rings. The van der Waals surface area contributed by atoms with Crippen molar-refractivity contribution < 1.29 is 9.21 Å². The van der Waals surface area contributed by atoms with E-state index in [1.54, 1.807) is 35.0 Å². The van der Waals surface area contributed by atoms with E-state index in [4.69, 9.17) is 16.0 Å². The molecule has 1 aromatic carbocycles. The van der Waals surface area contributed by atoms with E-state index in [9.17, 15) is 4.79 Å². The van der Waals surface area contributed by atoms with Crippen LogP contribution in [0.25, 0.3) is 11.5 Å². The van der Waals surface area contributed by atoms with E-state index in [1.165, 1.54) is 0 Å². The maximum atomic E-state index is 12.3. The predicted octanol–water partition coefficient (Wildman–Crippen LogP) is 3.73. The number of carbonyl (C=O) groups excluding carboxylic acids is 1. The highest BCUT2D eigenvalue weighted by atomic mass is 35.5. The van der Waals surface area contributed by atoms with Gasteiger partial charge in [-0.1, -0.05) is 16.7 Å². The van der Waals surface area contributed by atoms with Gasteiger partial charge in [-0.05, 0) is 51.1 Å².